The summed E-state index contributed by atoms with van der Waals surface area (Å²) < 4.78 is 0. The maximum absolute atomic E-state index is 10.8. The molecule has 0 radical (unpaired) electrons. The Balaban J connectivity index is 2.70. The second-order valence-corrected chi connectivity index (χ2v) is 5.35. The third kappa shape index (κ3) is 4.21. The van der Waals surface area contributed by atoms with Gasteiger partial charge in [0.05, 0.1) is 4.92 Å². The minimum atomic E-state index is -0.353. The van der Waals surface area contributed by atoms with Gasteiger partial charge in [-0.1, -0.05) is 13.8 Å². The lowest BCUT2D eigenvalue weighted by Gasteiger charge is -2.23. The Kier molecular flexibility index (Phi) is 5.30. The van der Waals surface area contributed by atoms with Crippen molar-refractivity contribution in [2.45, 2.75) is 33.2 Å². The van der Waals surface area contributed by atoms with Gasteiger partial charge in [0.1, 0.15) is 0 Å². The quantitative estimate of drug-likeness (QED) is 0.634. The highest BCUT2D eigenvalue weighted by molar-refractivity contribution is 5.54. The van der Waals surface area contributed by atoms with E-state index in [0.717, 1.165) is 18.7 Å². The number of anilines is 1. The van der Waals surface area contributed by atoms with Gasteiger partial charge in [-0.2, -0.15) is 0 Å². The van der Waals surface area contributed by atoms with Crippen molar-refractivity contribution < 1.29 is 4.92 Å². The molecule has 5 heteroatoms. The molecule has 1 atom stereocenters. The first kappa shape index (κ1) is 15.4. The largest absolute Gasteiger partial charge is 0.375 e. The van der Waals surface area contributed by atoms with Crippen molar-refractivity contribution in [1.82, 2.24) is 0 Å². The Hall–Kier alpha value is -1.62. The molecule has 0 amide bonds. The van der Waals surface area contributed by atoms with Gasteiger partial charge in [-0.15, -0.1) is 0 Å². The van der Waals surface area contributed by atoms with Crippen molar-refractivity contribution in [3.8, 4) is 0 Å². The molecule has 1 aromatic rings. The van der Waals surface area contributed by atoms with Crippen LogP contribution in [0, 0.1) is 23.0 Å². The molecule has 0 aliphatic carbocycles. The van der Waals surface area contributed by atoms with Gasteiger partial charge in [-0.25, -0.2) is 0 Å². The first-order valence-electron chi connectivity index (χ1n) is 6.54. The fraction of sp³-hybridized carbons (Fsp3) is 0.571. The van der Waals surface area contributed by atoms with Crippen molar-refractivity contribution in [3.63, 3.8) is 0 Å². The second kappa shape index (κ2) is 6.52. The summed E-state index contributed by atoms with van der Waals surface area (Å²) in [6, 6.07) is 5.37. The van der Waals surface area contributed by atoms with Gasteiger partial charge < -0.3 is 10.6 Å². The summed E-state index contributed by atoms with van der Waals surface area (Å²) >= 11 is 0. The van der Waals surface area contributed by atoms with Crippen LogP contribution in [0.25, 0.3) is 0 Å². The maximum atomic E-state index is 10.8. The van der Waals surface area contributed by atoms with E-state index in [9.17, 15) is 10.1 Å². The first-order valence-corrected chi connectivity index (χ1v) is 6.54. The number of aryl methyl sites for hydroxylation is 1. The minimum Gasteiger partial charge on any atom is -0.375 e. The summed E-state index contributed by atoms with van der Waals surface area (Å²) in [5.41, 5.74) is 7.85. The summed E-state index contributed by atoms with van der Waals surface area (Å²) in [4.78, 5) is 12.5. The Morgan fingerprint density at radius 2 is 2.05 bits per heavy atom. The van der Waals surface area contributed by atoms with Crippen LogP contribution in [0.1, 0.15) is 25.8 Å². The van der Waals surface area contributed by atoms with Crippen LogP contribution in [0.15, 0.2) is 18.2 Å². The van der Waals surface area contributed by atoms with Crippen LogP contribution in [-0.2, 0) is 0 Å². The summed E-state index contributed by atoms with van der Waals surface area (Å²) in [6.07, 6.45) is 0.907. The van der Waals surface area contributed by atoms with Crippen LogP contribution in [0.3, 0.4) is 0 Å². The summed E-state index contributed by atoms with van der Waals surface area (Å²) in [6.45, 7) is 6.83. The van der Waals surface area contributed by atoms with Crippen LogP contribution in [0.5, 0.6) is 0 Å². The van der Waals surface area contributed by atoms with E-state index in [1.807, 2.05) is 13.1 Å². The third-order valence-corrected chi connectivity index (χ3v) is 3.47. The smallest absolute Gasteiger partial charge is 0.272 e. The van der Waals surface area contributed by atoms with Gasteiger partial charge >= 0.3 is 0 Å². The molecule has 0 aliphatic heterocycles. The van der Waals surface area contributed by atoms with Crippen molar-refractivity contribution >= 4 is 11.4 Å². The summed E-state index contributed by atoms with van der Waals surface area (Å²) in [5, 5.41) is 10.8. The van der Waals surface area contributed by atoms with Gasteiger partial charge in [0.25, 0.3) is 5.69 Å². The average molecular weight is 265 g/mol. The average Bonchev–Trinajstić information content (AvgIpc) is 2.34. The van der Waals surface area contributed by atoms with E-state index in [2.05, 4.69) is 18.7 Å². The molecular weight excluding hydrogens is 242 g/mol. The SMILES string of the molecule is Cc1cc(N(C)CCC(N)C(C)C)ccc1[N+](=O)[O-]. The van der Waals surface area contributed by atoms with Crippen molar-refractivity contribution in [3.05, 3.63) is 33.9 Å². The fourth-order valence-electron chi connectivity index (χ4n) is 1.89. The van der Waals surface area contributed by atoms with Crippen LogP contribution in [0.2, 0.25) is 0 Å². The highest BCUT2D eigenvalue weighted by Gasteiger charge is 2.13. The van der Waals surface area contributed by atoms with Crippen LogP contribution in [0.4, 0.5) is 11.4 Å². The van der Waals surface area contributed by atoms with Crippen LogP contribution in [-0.4, -0.2) is 24.6 Å². The fourth-order valence-corrected chi connectivity index (χ4v) is 1.89. The molecule has 0 bridgehead atoms. The Morgan fingerprint density at radius 1 is 1.42 bits per heavy atom. The van der Waals surface area contributed by atoms with Crippen molar-refractivity contribution in [2.24, 2.45) is 11.7 Å². The van der Waals surface area contributed by atoms with E-state index in [-0.39, 0.29) is 16.7 Å². The molecule has 1 rings (SSSR count). The Morgan fingerprint density at radius 3 is 2.53 bits per heavy atom. The lowest BCUT2D eigenvalue weighted by molar-refractivity contribution is -0.385. The molecule has 5 nitrogen and oxygen atoms in total. The highest BCUT2D eigenvalue weighted by Crippen LogP contribution is 2.23. The molecule has 0 aromatic heterocycles. The summed E-state index contributed by atoms with van der Waals surface area (Å²) in [7, 11) is 1.98. The Bertz CT molecular complexity index is 446. The molecule has 19 heavy (non-hydrogen) atoms. The first-order chi connectivity index (χ1) is 8.82. The molecule has 1 aromatic carbocycles. The standard InChI is InChI=1S/C14H23N3O2/c1-10(2)13(15)7-8-16(4)12-5-6-14(17(18)19)11(3)9-12/h5-6,9-10,13H,7-8,15H2,1-4H3. The van der Waals surface area contributed by atoms with Crippen molar-refractivity contribution in [2.75, 3.05) is 18.5 Å². The number of nitro benzene ring substituents is 1. The second-order valence-electron chi connectivity index (χ2n) is 5.35. The summed E-state index contributed by atoms with van der Waals surface area (Å²) in [5.74, 6) is 0.465. The van der Waals surface area contributed by atoms with E-state index in [1.165, 1.54) is 0 Å². The van der Waals surface area contributed by atoms with Crippen molar-refractivity contribution in [1.29, 1.82) is 0 Å². The predicted molar refractivity (Wildman–Crippen MR) is 78.5 cm³/mol. The van der Waals surface area contributed by atoms with Gasteiger partial charge in [-0.05, 0) is 31.4 Å². The highest BCUT2D eigenvalue weighted by atomic mass is 16.6. The number of nitrogens with two attached hydrogens (primary N) is 1. The number of nitrogens with zero attached hydrogens (tertiary/aromatic N) is 2. The van der Waals surface area contributed by atoms with Crippen LogP contribution >= 0.6 is 0 Å². The minimum absolute atomic E-state index is 0.163. The monoisotopic (exact) mass is 265 g/mol. The lowest BCUT2D eigenvalue weighted by atomic mass is 10.0. The maximum Gasteiger partial charge on any atom is 0.272 e. The normalized spacial score (nSPS) is 12.5. The number of nitro groups is 1. The zero-order valence-electron chi connectivity index (χ0n) is 12.1. The molecule has 0 fully saturated rings. The lowest BCUT2D eigenvalue weighted by Crippen LogP contribution is -2.31. The van der Waals surface area contributed by atoms with E-state index in [4.69, 9.17) is 5.73 Å². The Labute approximate surface area is 114 Å². The molecule has 0 saturated carbocycles. The number of hydrogen-bond donors (Lipinski definition) is 1. The zero-order valence-corrected chi connectivity index (χ0v) is 12.1. The van der Waals surface area contributed by atoms with E-state index in [1.54, 1.807) is 19.1 Å². The van der Waals surface area contributed by atoms with Gasteiger partial charge in [-0.3, -0.25) is 10.1 Å². The zero-order chi connectivity index (χ0) is 14.6. The topological polar surface area (TPSA) is 72.4 Å². The molecule has 106 valence electrons. The molecule has 2 N–H and O–H groups in total. The van der Waals surface area contributed by atoms with Crippen LogP contribution < -0.4 is 10.6 Å². The molecule has 0 saturated heterocycles. The van der Waals surface area contributed by atoms with Gasteiger partial charge in [0, 0.05) is 37.0 Å². The molecule has 1 unspecified atom stereocenters. The predicted octanol–water partition coefficient (Wildman–Crippen LogP) is 2.71. The van der Waals surface area contributed by atoms with E-state index in [0.29, 0.717) is 11.5 Å². The van der Waals surface area contributed by atoms with E-state index < -0.39 is 0 Å². The number of hydrogen-bond acceptors (Lipinski definition) is 4. The third-order valence-electron chi connectivity index (χ3n) is 3.47. The van der Waals surface area contributed by atoms with Gasteiger partial charge in [0.2, 0.25) is 0 Å². The molecular formula is C14H23N3O2. The molecule has 0 aliphatic rings. The van der Waals surface area contributed by atoms with Gasteiger partial charge in [0.15, 0.2) is 0 Å². The number of benzene rings is 1. The number of rotatable bonds is 6. The molecule has 0 spiro atoms. The molecule has 0 heterocycles. The van der Waals surface area contributed by atoms with E-state index >= 15 is 0 Å².